The Morgan fingerprint density at radius 1 is 1.14 bits per heavy atom. The summed E-state index contributed by atoms with van der Waals surface area (Å²) in [6.45, 7) is 5.48. The molecule has 2 aliphatic rings. The number of hydrogen-bond donors (Lipinski definition) is 3. The third-order valence-electron chi connectivity index (χ3n) is 6.30. The highest BCUT2D eigenvalue weighted by molar-refractivity contribution is 5.98. The number of likely N-dealkylation sites (tertiary alicyclic amines) is 1. The zero-order chi connectivity index (χ0) is 26.0. The van der Waals surface area contributed by atoms with Crippen molar-refractivity contribution in [2.45, 2.75) is 76.4 Å². The quantitative estimate of drug-likeness (QED) is 0.577. The Hall–Kier alpha value is -2.82. The molecule has 0 aromatic heterocycles. The maximum absolute atomic E-state index is 13.0. The van der Waals surface area contributed by atoms with Gasteiger partial charge in [-0.1, -0.05) is 6.07 Å². The number of alkyl carbamates (subject to hydrolysis) is 1. The van der Waals surface area contributed by atoms with E-state index in [1.165, 1.54) is 6.07 Å². The number of nitrogens with zero attached hydrogens (tertiary/aromatic N) is 1. The van der Waals surface area contributed by atoms with Gasteiger partial charge in [0.05, 0.1) is 5.56 Å². The minimum Gasteiger partial charge on any atom is -0.444 e. The number of amides is 3. The number of carbonyl (C=O) groups excluding carboxylic acids is 3. The summed E-state index contributed by atoms with van der Waals surface area (Å²) >= 11 is 0. The molecule has 1 aliphatic heterocycles. The van der Waals surface area contributed by atoms with Gasteiger partial charge in [-0.05, 0) is 64.7 Å². The van der Waals surface area contributed by atoms with Crippen LogP contribution in [0, 0.1) is 5.92 Å². The van der Waals surface area contributed by atoms with Gasteiger partial charge in [0.2, 0.25) is 5.91 Å². The van der Waals surface area contributed by atoms with E-state index in [1.807, 2.05) is 0 Å². The summed E-state index contributed by atoms with van der Waals surface area (Å²) in [7, 11) is 0. The van der Waals surface area contributed by atoms with E-state index >= 15 is 0 Å². The monoisotopic (exact) mass is 499 g/mol. The predicted molar refractivity (Wildman–Crippen MR) is 120 cm³/mol. The second-order valence-corrected chi connectivity index (χ2v) is 10.1. The topological polar surface area (TPSA) is 108 Å². The van der Waals surface area contributed by atoms with E-state index in [9.17, 15) is 32.7 Å². The van der Waals surface area contributed by atoms with Gasteiger partial charge in [0.1, 0.15) is 11.6 Å². The largest absolute Gasteiger partial charge is 0.444 e. The molecule has 0 radical (unpaired) electrons. The second-order valence-electron chi connectivity index (χ2n) is 10.1. The van der Waals surface area contributed by atoms with E-state index in [2.05, 4.69) is 10.6 Å². The van der Waals surface area contributed by atoms with E-state index in [1.54, 1.807) is 25.7 Å². The first-order chi connectivity index (χ1) is 16.3. The number of benzene rings is 1. The van der Waals surface area contributed by atoms with Gasteiger partial charge < -0.3 is 25.4 Å². The second kappa shape index (κ2) is 10.4. The van der Waals surface area contributed by atoms with Gasteiger partial charge in [-0.25, -0.2) is 4.79 Å². The van der Waals surface area contributed by atoms with Crippen molar-refractivity contribution < 1.29 is 37.4 Å². The number of ether oxygens (including phenoxy) is 1. The average molecular weight is 500 g/mol. The van der Waals surface area contributed by atoms with Crippen molar-refractivity contribution >= 4 is 17.9 Å². The van der Waals surface area contributed by atoms with Crippen LogP contribution in [-0.2, 0) is 15.7 Å². The molecule has 194 valence electrons. The molecule has 1 heterocycles. The number of aliphatic hydroxyl groups is 1. The van der Waals surface area contributed by atoms with Crippen LogP contribution in [0.3, 0.4) is 0 Å². The van der Waals surface area contributed by atoms with Crippen LogP contribution >= 0.6 is 0 Å². The lowest BCUT2D eigenvalue weighted by atomic mass is 9.81. The fourth-order valence-electron chi connectivity index (χ4n) is 4.70. The fraction of sp³-hybridized carbons (Fsp3) is 0.625. The van der Waals surface area contributed by atoms with Crippen molar-refractivity contribution in [2.75, 3.05) is 13.2 Å². The van der Waals surface area contributed by atoms with E-state index in [-0.39, 0.29) is 36.1 Å². The number of halogens is 3. The standard InChI is InChI=1S/C24H32F3N3O5/c1-23(2,3)35-22(34)28-17-7-8-19(15(12-17)13-31)30-10-9-18(21(30)33)29-20(32)14-5-4-6-16(11-14)24(25,26)27/h4-6,11,15,17-19,31H,7-10,12-13H2,1-3H3,(H,28,34)(H,29,32)/t15-,17+,18-,19-/m0/s1. The van der Waals surface area contributed by atoms with Gasteiger partial charge >= 0.3 is 12.3 Å². The number of carbonyl (C=O) groups is 3. The van der Waals surface area contributed by atoms with Crippen LogP contribution in [0.15, 0.2) is 24.3 Å². The Morgan fingerprint density at radius 2 is 1.86 bits per heavy atom. The van der Waals surface area contributed by atoms with Crippen molar-refractivity contribution in [1.82, 2.24) is 15.5 Å². The third kappa shape index (κ3) is 6.87. The molecule has 11 heteroatoms. The highest BCUT2D eigenvalue weighted by Gasteiger charge is 2.42. The van der Waals surface area contributed by atoms with Crippen LogP contribution in [0.5, 0.6) is 0 Å². The molecule has 0 unspecified atom stereocenters. The molecule has 8 nitrogen and oxygen atoms in total. The number of aliphatic hydroxyl groups excluding tert-OH is 1. The van der Waals surface area contributed by atoms with E-state index in [0.717, 1.165) is 18.2 Å². The summed E-state index contributed by atoms with van der Waals surface area (Å²) in [5.74, 6) is -1.35. The number of alkyl halides is 3. The molecule has 4 atom stereocenters. The molecule has 3 N–H and O–H groups in total. The molecular weight excluding hydrogens is 467 g/mol. The van der Waals surface area contributed by atoms with Crippen LogP contribution in [-0.4, -0.2) is 64.8 Å². The first kappa shape index (κ1) is 26.8. The lowest BCUT2D eigenvalue weighted by Gasteiger charge is -2.40. The molecule has 35 heavy (non-hydrogen) atoms. The predicted octanol–water partition coefficient (Wildman–Crippen LogP) is 3.09. The first-order valence-electron chi connectivity index (χ1n) is 11.7. The van der Waals surface area contributed by atoms with Crippen molar-refractivity contribution in [3.05, 3.63) is 35.4 Å². The Morgan fingerprint density at radius 3 is 2.49 bits per heavy atom. The Balaban J connectivity index is 1.59. The molecule has 1 saturated carbocycles. The van der Waals surface area contributed by atoms with E-state index < -0.39 is 35.4 Å². The summed E-state index contributed by atoms with van der Waals surface area (Å²) in [6, 6.07) is 2.73. The van der Waals surface area contributed by atoms with Gasteiger partial charge in [-0.2, -0.15) is 13.2 Å². The molecule has 1 aromatic carbocycles. The lowest BCUT2D eigenvalue weighted by Crippen LogP contribution is -2.52. The van der Waals surface area contributed by atoms with Gasteiger partial charge in [0, 0.05) is 36.7 Å². The zero-order valence-corrected chi connectivity index (χ0v) is 20.0. The van der Waals surface area contributed by atoms with Crippen LogP contribution in [0.25, 0.3) is 0 Å². The molecule has 1 aliphatic carbocycles. The summed E-state index contributed by atoms with van der Waals surface area (Å²) in [4.78, 5) is 39.3. The van der Waals surface area contributed by atoms with Crippen LogP contribution in [0.4, 0.5) is 18.0 Å². The van der Waals surface area contributed by atoms with Crippen LogP contribution < -0.4 is 10.6 Å². The maximum Gasteiger partial charge on any atom is 0.416 e. The maximum atomic E-state index is 13.0. The van der Waals surface area contributed by atoms with Gasteiger partial charge in [0.15, 0.2) is 0 Å². The molecule has 0 bridgehead atoms. The summed E-state index contributed by atoms with van der Waals surface area (Å²) in [6.07, 6.45) is -3.19. The molecule has 1 saturated heterocycles. The number of hydrogen-bond acceptors (Lipinski definition) is 5. The van der Waals surface area contributed by atoms with Gasteiger partial charge in [0.25, 0.3) is 5.91 Å². The summed E-state index contributed by atoms with van der Waals surface area (Å²) in [5.41, 5.74) is -1.74. The van der Waals surface area contributed by atoms with E-state index in [0.29, 0.717) is 32.2 Å². The lowest BCUT2D eigenvalue weighted by molar-refractivity contribution is -0.137. The molecule has 1 aromatic rings. The molecule has 3 amide bonds. The molecule has 3 rings (SSSR count). The molecular formula is C24H32F3N3O5. The highest BCUT2D eigenvalue weighted by atomic mass is 19.4. The Labute approximate surface area is 202 Å². The minimum absolute atomic E-state index is 0.173. The van der Waals surface area contributed by atoms with Crippen molar-refractivity contribution in [1.29, 1.82) is 0 Å². The zero-order valence-electron chi connectivity index (χ0n) is 20.0. The fourth-order valence-corrected chi connectivity index (χ4v) is 4.70. The smallest absolute Gasteiger partial charge is 0.416 e. The Kier molecular flexibility index (Phi) is 7.98. The van der Waals surface area contributed by atoms with Crippen molar-refractivity contribution in [3.63, 3.8) is 0 Å². The van der Waals surface area contributed by atoms with Crippen LogP contribution in [0.2, 0.25) is 0 Å². The first-order valence-corrected chi connectivity index (χ1v) is 11.7. The molecule has 0 spiro atoms. The molecule has 2 fully saturated rings. The van der Waals surface area contributed by atoms with Gasteiger partial charge in [-0.3, -0.25) is 9.59 Å². The summed E-state index contributed by atoms with van der Waals surface area (Å²) < 4.78 is 44.1. The van der Waals surface area contributed by atoms with E-state index in [4.69, 9.17) is 4.74 Å². The Bertz CT molecular complexity index is 947. The number of nitrogens with one attached hydrogen (secondary N) is 2. The third-order valence-corrected chi connectivity index (χ3v) is 6.30. The van der Waals surface area contributed by atoms with Gasteiger partial charge in [-0.15, -0.1) is 0 Å². The van der Waals surface area contributed by atoms with Crippen LogP contribution in [0.1, 0.15) is 62.4 Å². The van der Waals surface area contributed by atoms with Crippen molar-refractivity contribution in [3.8, 4) is 0 Å². The minimum atomic E-state index is -4.58. The highest BCUT2D eigenvalue weighted by Crippen LogP contribution is 2.32. The number of rotatable bonds is 5. The normalized spacial score (nSPS) is 25.3. The average Bonchev–Trinajstić information content (AvgIpc) is 3.11. The SMILES string of the molecule is CC(C)(C)OC(=O)N[C@@H]1CC[C@H](N2CC[C@H](NC(=O)c3cccc(C(F)(F)F)c3)C2=O)[C@H](CO)C1. The summed E-state index contributed by atoms with van der Waals surface area (Å²) in [5, 5.41) is 15.3. The van der Waals surface area contributed by atoms with Crippen molar-refractivity contribution in [2.24, 2.45) is 5.92 Å².